The number of ether oxygens (including phenoxy) is 2. The molecule has 2 amide bonds. The summed E-state index contributed by atoms with van der Waals surface area (Å²) in [4.78, 5) is 41.2. The quantitative estimate of drug-likeness (QED) is 0.263. The molecule has 2 N–H and O–H groups in total. The second-order valence-electron chi connectivity index (χ2n) is 14.9. The summed E-state index contributed by atoms with van der Waals surface area (Å²) in [6, 6.07) is 12.6. The average molecular weight is 749 g/mol. The summed E-state index contributed by atoms with van der Waals surface area (Å²) < 4.78 is 35.3. The second kappa shape index (κ2) is 14.5. The van der Waals surface area contributed by atoms with E-state index in [2.05, 4.69) is 26.1 Å². The van der Waals surface area contributed by atoms with E-state index in [9.17, 15) is 23.7 Å². The summed E-state index contributed by atoms with van der Waals surface area (Å²) in [5.41, 5.74) is 3.44. The molecular weight excluding hydrogens is 704 g/mol. The predicted molar refractivity (Wildman–Crippen MR) is 200 cm³/mol. The van der Waals surface area contributed by atoms with E-state index in [1.54, 1.807) is 45.4 Å². The lowest BCUT2D eigenvalue weighted by molar-refractivity contribution is 0.0124. The Morgan fingerprint density at radius 1 is 1.19 bits per heavy atom. The lowest BCUT2D eigenvalue weighted by Crippen LogP contribution is -2.49. The second-order valence-corrected chi connectivity index (χ2v) is 17.3. The van der Waals surface area contributed by atoms with Gasteiger partial charge in [0.2, 0.25) is 0 Å². The van der Waals surface area contributed by atoms with Crippen LogP contribution in [0.5, 0.6) is 5.75 Å². The van der Waals surface area contributed by atoms with Crippen LogP contribution in [-0.4, -0.2) is 76.8 Å². The highest BCUT2D eigenvalue weighted by Gasteiger charge is 2.44. The number of nitrogens with zero attached hydrogens (tertiary/aromatic N) is 3. The Hall–Kier alpha value is -3.97. The zero-order chi connectivity index (χ0) is 36.8. The van der Waals surface area contributed by atoms with Gasteiger partial charge in [-0.25, -0.2) is 4.21 Å². The van der Waals surface area contributed by atoms with Gasteiger partial charge in [0.05, 0.1) is 41.5 Å². The SMILES string of the molecule is CO[C@H]1/C=C/[C@H](O)[C@H](C)CS(=O)(NC(=O)c2cc(C=O)n(C)c2)=NC(=O)c2ccc3c(c2)N(C[C@@H]2CC[C@H]21)C[C@@]1(CCCc2cc(Cl)ccc21)CO3. The van der Waals surface area contributed by atoms with Crippen LogP contribution in [0.25, 0.3) is 0 Å². The van der Waals surface area contributed by atoms with Crippen LogP contribution in [0.3, 0.4) is 0 Å². The van der Waals surface area contributed by atoms with Gasteiger partial charge in [0.15, 0.2) is 6.29 Å². The van der Waals surface area contributed by atoms with Crippen LogP contribution in [0.2, 0.25) is 5.02 Å². The number of anilines is 1. The lowest BCUT2D eigenvalue weighted by atomic mass is 9.68. The molecule has 3 heterocycles. The number of rotatable bonds is 4. The third kappa shape index (κ3) is 7.05. The van der Waals surface area contributed by atoms with Crippen molar-refractivity contribution in [3.05, 3.63) is 93.8 Å². The summed E-state index contributed by atoms with van der Waals surface area (Å²) >= 11 is 6.44. The number of halogens is 1. The third-order valence-electron chi connectivity index (χ3n) is 11.4. The van der Waals surface area contributed by atoms with E-state index in [1.165, 1.54) is 28.0 Å². The van der Waals surface area contributed by atoms with E-state index in [0.29, 0.717) is 36.8 Å². The van der Waals surface area contributed by atoms with Gasteiger partial charge in [0.1, 0.15) is 15.7 Å². The highest BCUT2D eigenvalue weighted by atomic mass is 35.5. The number of aldehydes is 1. The Balaban J connectivity index is 1.31. The van der Waals surface area contributed by atoms with Crippen LogP contribution in [0.15, 0.2) is 65.2 Å². The fourth-order valence-electron chi connectivity index (χ4n) is 8.36. The van der Waals surface area contributed by atoms with Crippen molar-refractivity contribution in [3.8, 4) is 5.75 Å². The molecule has 2 aromatic carbocycles. The zero-order valence-corrected chi connectivity index (χ0v) is 31.2. The normalized spacial score (nSPS) is 30.8. The smallest absolute Gasteiger partial charge is 0.286 e. The number of nitrogens with one attached hydrogen (secondary N) is 1. The minimum atomic E-state index is -3.79. The molecule has 2 aliphatic heterocycles. The van der Waals surface area contributed by atoms with Crippen molar-refractivity contribution in [3.63, 3.8) is 0 Å². The Bertz CT molecular complexity index is 2050. The van der Waals surface area contributed by atoms with Gasteiger partial charge in [-0.1, -0.05) is 36.7 Å². The molecule has 2 aliphatic carbocycles. The van der Waals surface area contributed by atoms with Crippen LogP contribution in [-0.2, 0) is 33.5 Å². The fraction of sp³-hybridized carbons (Fsp3) is 0.462. The van der Waals surface area contributed by atoms with Crippen molar-refractivity contribution in [2.24, 2.45) is 29.2 Å². The molecule has 1 aromatic heterocycles. The van der Waals surface area contributed by atoms with Crippen LogP contribution < -0.4 is 14.4 Å². The van der Waals surface area contributed by atoms with Crippen molar-refractivity contribution >= 4 is 45.3 Å². The minimum absolute atomic E-state index is 0.0894. The third-order valence-corrected chi connectivity index (χ3v) is 13.6. The maximum absolute atomic E-state index is 14.5. The van der Waals surface area contributed by atoms with Gasteiger partial charge >= 0.3 is 0 Å². The number of aromatic nitrogens is 1. The first-order chi connectivity index (χ1) is 24.9. The standard InChI is InChI=1S/C39H45ClN4O7S/c1-24-21-52(49,42-38(48)28-16-30(20-45)43(2)18-28)41-37(47)26-7-12-36-33(17-26)44(19-27-6-9-31(27)35(50-3)13-11-34(24)46)22-39(23-51-36)14-4-5-25-15-29(40)8-10-32(25)39/h7-8,10-13,15-18,20,24,27,31,34-35,46H,4-6,9,14,19,21-23H2,1-3H3,(H,41,42,47,48,49)/b13-11+/t24-,27+,31-,34+,35+,39+,52?/m1/s1. The molecule has 3 aromatic rings. The number of benzene rings is 2. The molecule has 0 radical (unpaired) electrons. The largest absolute Gasteiger partial charge is 0.490 e. The first kappa shape index (κ1) is 36.4. The van der Waals surface area contributed by atoms with Crippen molar-refractivity contribution < 1.29 is 33.2 Å². The number of hydrogen-bond donors (Lipinski definition) is 2. The number of fused-ring (bicyclic) bond motifs is 4. The number of carbonyl (C=O) groups excluding carboxylic acids is 3. The number of methoxy groups -OCH3 is 1. The van der Waals surface area contributed by atoms with Crippen molar-refractivity contribution in [2.45, 2.75) is 56.7 Å². The Morgan fingerprint density at radius 2 is 2.02 bits per heavy atom. The van der Waals surface area contributed by atoms with Crippen LogP contribution in [0.4, 0.5) is 5.69 Å². The molecule has 1 saturated carbocycles. The van der Waals surface area contributed by atoms with E-state index in [-0.39, 0.29) is 45.9 Å². The molecule has 2 bridgehead atoms. The molecule has 52 heavy (non-hydrogen) atoms. The molecule has 0 saturated heterocycles. The highest BCUT2D eigenvalue weighted by Crippen LogP contribution is 2.47. The van der Waals surface area contributed by atoms with Gasteiger partial charge in [-0.3, -0.25) is 19.1 Å². The van der Waals surface area contributed by atoms with Crippen molar-refractivity contribution in [1.82, 2.24) is 9.29 Å². The number of aliphatic hydroxyl groups is 1. The Kier molecular flexibility index (Phi) is 10.1. The number of carbonyl (C=O) groups is 3. The average Bonchev–Trinajstić information content (AvgIpc) is 3.42. The highest BCUT2D eigenvalue weighted by molar-refractivity contribution is 7.92. The molecule has 1 fully saturated rings. The zero-order valence-electron chi connectivity index (χ0n) is 29.6. The number of amides is 2. The van der Waals surface area contributed by atoms with E-state index in [0.717, 1.165) is 37.8 Å². The van der Waals surface area contributed by atoms with Gasteiger partial charge in [-0.2, -0.15) is 0 Å². The van der Waals surface area contributed by atoms with Crippen LogP contribution >= 0.6 is 11.6 Å². The summed E-state index contributed by atoms with van der Waals surface area (Å²) in [6.07, 6.45) is 9.09. The molecule has 11 nitrogen and oxygen atoms in total. The first-order valence-corrected chi connectivity index (χ1v) is 19.9. The molecule has 7 atom stereocenters. The number of aliphatic hydroxyl groups excluding tert-OH is 1. The minimum Gasteiger partial charge on any atom is -0.490 e. The van der Waals surface area contributed by atoms with Gasteiger partial charge < -0.3 is 24.0 Å². The molecule has 276 valence electrons. The summed E-state index contributed by atoms with van der Waals surface area (Å²) in [6.45, 7) is 3.50. The van der Waals surface area contributed by atoms with E-state index >= 15 is 0 Å². The lowest BCUT2D eigenvalue weighted by Gasteiger charge is -2.46. The van der Waals surface area contributed by atoms with Crippen LogP contribution in [0.1, 0.15) is 74.9 Å². The Morgan fingerprint density at radius 3 is 2.75 bits per heavy atom. The van der Waals surface area contributed by atoms with Crippen molar-refractivity contribution in [1.29, 1.82) is 0 Å². The van der Waals surface area contributed by atoms with Gasteiger partial charge in [-0.15, -0.1) is 4.36 Å². The maximum atomic E-state index is 14.5. The summed E-state index contributed by atoms with van der Waals surface area (Å²) in [5.74, 6) is -1.36. The summed E-state index contributed by atoms with van der Waals surface area (Å²) in [5, 5.41) is 11.9. The van der Waals surface area contributed by atoms with Crippen LogP contribution in [0, 0.1) is 17.8 Å². The molecule has 7 rings (SSSR count). The maximum Gasteiger partial charge on any atom is 0.286 e. The number of aryl methyl sites for hydroxylation is 2. The molecular formula is C39H45ClN4O7S. The van der Waals surface area contributed by atoms with Gasteiger partial charge in [0, 0.05) is 49.4 Å². The summed E-state index contributed by atoms with van der Waals surface area (Å²) in [7, 11) is -0.503. The van der Waals surface area contributed by atoms with Gasteiger partial charge in [0.25, 0.3) is 11.8 Å². The topological polar surface area (TPSA) is 140 Å². The molecule has 4 aliphatic rings. The van der Waals surface area contributed by atoms with E-state index in [4.69, 9.17) is 21.1 Å². The van der Waals surface area contributed by atoms with E-state index in [1.807, 2.05) is 12.1 Å². The number of hydrogen-bond acceptors (Lipinski definition) is 8. The Labute approximate surface area is 309 Å². The predicted octanol–water partition coefficient (Wildman–Crippen LogP) is 5.53. The molecule has 1 unspecified atom stereocenters. The monoisotopic (exact) mass is 748 g/mol. The fourth-order valence-corrected chi connectivity index (χ4v) is 10.5. The molecule has 1 spiro atoms. The first-order valence-electron chi connectivity index (χ1n) is 17.8. The van der Waals surface area contributed by atoms with Crippen molar-refractivity contribution in [2.75, 3.05) is 37.5 Å². The van der Waals surface area contributed by atoms with E-state index < -0.39 is 33.8 Å². The van der Waals surface area contributed by atoms with Gasteiger partial charge in [-0.05, 0) is 97.4 Å². The molecule has 13 heteroatoms.